The molecule has 2 heterocycles. The number of anilines is 1. The number of rotatable bonds is 5. The van der Waals surface area contributed by atoms with Crippen molar-refractivity contribution in [3.63, 3.8) is 0 Å². The molecule has 0 amide bonds. The summed E-state index contributed by atoms with van der Waals surface area (Å²) in [5, 5.41) is 31.7. The Labute approximate surface area is 117 Å². The van der Waals surface area contributed by atoms with E-state index in [9.17, 15) is 10.2 Å². The molecule has 1 saturated heterocycles. The zero-order valence-electron chi connectivity index (χ0n) is 11.2. The Bertz CT molecular complexity index is 412. The largest absolute Gasteiger partial charge is 0.396 e. The molecule has 1 aliphatic heterocycles. The predicted octanol–water partition coefficient (Wildman–Crippen LogP) is 0.985. The molecule has 5 nitrogen and oxygen atoms in total. The Kier molecular flexibility index (Phi) is 4.78. The van der Waals surface area contributed by atoms with Gasteiger partial charge in [0.05, 0.1) is 25.0 Å². The first-order valence-electron chi connectivity index (χ1n) is 6.74. The molecule has 19 heavy (non-hydrogen) atoms. The molecule has 0 aliphatic carbocycles. The molecule has 6 heteroatoms. The van der Waals surface area contributed by atoms with E-state index < -0.39 is 11.5 Å². The fourth-order valence-corrected chi connectivity index (χ4v) is 3.65. The SMILES string of the molecule is CCC[C@@]1(CO)CN(c2nc(CO)cs2)CC[C@H]1O. The highest BCUT2D eigenvalue weighted by molar-refractivity contribution is 7.13. The quantitative estimate of drug-likeness (QED) is 0.752. The number of nitrogens with zero attached hydrogens (tertiary/aromatic N) is 2. The Morgan fingerprint density at radius 3 is 2.89 bits per heavy atom. The molecule has 1 aromatic heterocycles. The summed E-state index contributed by atoms with van der Waals surface area (Å²) in [6.07, 6.45) is 1.94. The van der Waals surface area contributed by atoms with Gasteiger partial charge in [0.2, 0.25) is 0 Å². The van der Waals surface area contributed by atoms with Crippen LogP contribution in [0, 0.1) is 5.41 Å². The van der Waals surface area contributed by atoms with Crippen molar-refractivity contribution in [2.75, 3.05) is 24.6 Å². The van der Waals surface area contributed by atoms with Crippen molar-refractivity contribution in [1.82, 2.24) is 4.98 Å². The molecule has 0 aromatic carbocycles. The van der Waals surface area contributed by atoms with E-state index in [2.05, 4.69) is 16.8 Å². The number of thiazole rings is 1. The summed E-state index contributed by atoms with van der Waals surface area (Å²) in [6.45, 7) is 3.38. The zero-order chi connectivity index (χ0) is 13.9. The summed E-state index contributed by atoms with van der Waals surface area (Å²) < 4.78 is 0. The normalized spacial score (nSPS) is 27.8. The lowest BCUT2D eigenvalue weighted by Gasteiger charge is -2.45. The molecule has 0 saturated carbocycles. The lowest BCUT2D eigenvalue weighted by Crippen LogP contribution is -2.53. The first-order valence-corrected chi connectivity index (χ1v) is 7.62. The number of hydrogen-bond donors (Lipinski definition) is 3. The van der Waals surface area contributed by atoms with Gasteiger partial charge in [-0.1, -0.05) is 13.3 Å². The van der Waals surface area contributed by atoms with Gasteiger partial charge in [-0.25, -0.2) is 4.98 Å². The van der Waals surface area contributed by atoms with Gasteiger partial charge in [0, 0.05) is 23.9 Å². The van der Waals surface area contributed by atoms with Gasteiger partial charge in [0.15, 0.2) is 5.13 Å². The van der Waals surface area contributed by atoms with E-state index in [1.807, 2.05) is 5.38 Å². The van der Waals surface area contributed by atoms with Crippen molar-refractivity contribution in [1.29, 1.82) is 0 Å². The number of piperidine rings is 1. The number of aliphatic hydroxyl groups is 3. The van der Waals surface area contributed by atoms with Crippen molar-refractivity contribution in [2.24, 2.45) is 5.41 Å². The monoisotopic (exact) mass is 286 g/mol. The summed E-state index contributed by atoms with van der Waals surface area (Å²) in [4.78, 5) is 6.48. The second kappa shape index (κ2) is 6.17. The van der Waals surface area contributed by atoms with Crippen molar-refractivity contribution in [3.8, 4) is 0 Å². The third kappa shape index (κ3) is 2.91. The average molecular weight is 286 g/mol. The highest BCUT2D eigenvalue weighted by atomic mass is 32.1. The third-order valence-corrected chi connectivity index (χ3v) is 4.87. The van der Waals surface area contributed by atoms with E-state index in [1.54, 1.807) is 0 Å². The van der Waals surface area contributed by atoms with Crippen LogP contribution in [0.25, 0.3) is 0 Å². The number of aromatic nitrogens is 1. The van der Waals surface area contributed by atoms with Gasteiger partial charge < -0.3 is 20.2 Å². The van der Waals surface area contributed by atoms with Gasteiger partial charge in [0.1, 0.15) is 0 Å². The molecule has 1 fully saturated rings. The van der Waals surface area contributed by atoms with Crippen LogP contribution >= 0.6 is 11.3 Å². The van der Waals surface area contributed by atoms with Crippen LogP contribution in [0.4, 0.5) is 5.13 Å². The third-order valence-electron chi connectivity index (χ3n) is 3.92. The minimum absolute atomic E-state index is 0.00324. The van der Waals surface area contributed by atoms with Crippen LogP contribution in [0.5, 0.6) is 0 Å². The van der Waals surface area contributed by atoms with Gasteiger partial charge >= 0.3 is 0 Å². The highest BCUT2D eigenvalue weighted by Crippen LogP contribution is 2.37. The Hall–Kier alpha value is -0.690. The van der Waals surface area contributed by atoms with Crippen LogP contribution in [-0.2, 0) is 6.61 Å². The fraction of sp³-hybridized carbons (Fsp3) is 0.769. The van der Waals surface area contributed by atoms with E-state index in [0.717, 1.165) is 24.5 Å². The fourth-order valence-electron chi connectivity index (χ4n) is 2.80. The van der Waals surface area contributed by atoms with Gasteiger partial charge in [-0.05, 0) is 12.8 Å². The molecule has 0 bridgehead atoms. The molecular formula is C13H22N2O3S. The van der Waals surface area contributed by atoms with Crippen LogP contribution in [-0.4, -0.2) is 46.1 Å². The lowest BCUT2D eigenvalue weighted by molar-refractivity contribution is -0.0351. The van der Waals surface area contributed by atoms with Gasteiger partial charge in [0.25, 0.3) is 0 Å². The summed E-state index contributed by atoms with van der Waals surface area (Å²) in [5.41, 5.74) is 0.231. The molecule has 0 spiro atoms. The van der Waals surface area contributed by atoms with Crippen LogP contribution in [0.2, 0.25) is 0 Å². The molecule has 2 rings (SSSR count). The predicted molar refractivity (Wildman–Crippen MR) is 75.3 cm³/mol. The Morgan fingerprint density at radius 2 is 2.32 bits per heavy atom. The van der Waals surface area contributed by atoms with Crippen molar-refractivity contribution in [2.45, 2.75) is 38.9 Å². The van der Waals surface area contributed by atoms with Crippen molar-refractivity contribution >= 4 is 16.5 Å². The van der Waals surface area contributed by atoms with Crippen molar-refractivity contribution in [3.05, 3.63) is 11.1 Å². The summed E-state index contributed by atoms with van der Waals surface area (Å²) in [7, 11) is 0. The van der Waals surface area contributed by atoms with E-state index >= 15 is 0 Å². The highest BCUT2D eigenvalue weighted by Gasteiger charge is 2.42. The maximum absolute atomic E-state index is 10.2. The minimum atomic E-state index is -0.453. The van der Waals surface area contributed by atoms with Crippen LogP contribution in [0.3, 0.4) is 0 Å². The molecule has 108 valence electrons. The maximum atomic E-state index is 10.2. The molecule has 0 unspecified atom stereocenters. The molecule has 1 aliphatic rings. The van der Waals surface area contributed by atoms with Crippen molar-refractivity contribution < 1.29 is 15.3 Å². The van der Waals surface area contributed by atoms with Crippen LogP contribution in [0.1, 0.15) is 31.9 Å². The molecule has 3 N–H and O–H groups in total. The Morgan fingerprint density at radius 1 is 1.53 bits per heavy atom. The van der Waals surface area contributed by atoms with E-state index in [1.165, 1.54) is 11.3 Å². The second-order valence-electron chi connectivity index (χ2n) is 5.28. The van der Waals surface area contributed by atoms with Gasteiger partial charge in [-0.3, -0.25) is 0 Å². The first kappa shape index (κ1) is 14.7. The molecular weight excluding hydrogens is 264 g/mol. The topological polar surface area (TPSA) is 76.8 Å². The maximum Gasteiger partial charge on any atom is 0.185 e. The standard InChI is InChI=1S/C13H22N2O3S/c1-2-4-13(9-17)8-15(5-3-11(13)18)12-14-10(6-16)7-19-12/h7,11,16-18H,2-6,8-9H2,1H3/t11-,13+/m1/s1. The van der Waals surface area contributed by atoms with Gasteiger partial charge in [-0.15, -0.1) is 11.3 Å². The summed E-state index contributed by atoms with van der Waals surface area (Å²) in [6, 6.07) is 0. The van der Waals surface area contributed by atoms with E-state index in [4.69, 9.17) is 5.11 Å². The van der Waals surface area contributed by atoms with Gasteiger partial charge in [-0.2, -0.15) is 0 Å². The zero-order valence-corrected chi connectivity index (χ0v) is 12.1. The Balaban J connectivity index is 2.16. The number of hydrogen-bond acceptors (Lipinski definition) is 6. The molecule has 1 aromatic rings. The smallest absolute Gasteiger partial charge is 0.185 e. The minimum Gasteiger partial charge on any atom is -0.396 e. The summed E-state index contributed by atoms with van der Waals surface area (Å²) in [5.74, 6) is 0. The first-order chi connectivity index (χ1) is 9.15. The second-order valence-corrected chi connectivity index (χ2v) is 6.11. The van der Waals surface area contributed by atoms with Crippen LogP contribution < -0.4 is 4.90 Å². The molecule has 2 atom stereocenters. The average Bonchev–Trinajstić information content (AvgIpc) is 2.90. The molecule has 0 radical (unpaired) electrons. The van der Waals surface area contributed by atoms with E-state index in [0.29, 0.717) is 18.7 Å². The summed E-state index contributed by atoms with van der Waals surface area (Å²) >= 11 is 1.50. The van der Waals surface area contributed by atoms with Crippen LogP contribution in [0.15, 0.2) is 5.38 Å². The number of aliphatic hydroxyl groups excluding tert-OH is 3. The lowest BCUT2D eigenvalue weighted by atomic mass is 9.75. The van der Waals surface area contributed by atoms with E-state index in [-0.39, 0.29) is 13.2 Å².